The first-order valence-electron chi connectivity index (χ1n) is 6.92. The highest BCUT2D eigenvalue weighted by Crippen LogP contribution is 2.46. The SMILES string of the molecule is CC(=CCC[C@@](C)(O)[C@@H]1CC[C@@](C)(O)[C@H]1C)CO. The number of hydrogen-bond acceptors (Lipinski definition) is 3. The molecule has 0 radical (unpaired) electrons. The number of aliphatic hydroxyl groups is 3. The highest BCUT2D eigenvalue weighted by molar-refractivity contribution is 5.02. The van der Waals surface area contributed by atoms with Gasteiger partial charge in [0.05, 0.1) is 17.8 Å². The van der Waals surface area contributed by atoms with Gasteiger partial charge in [-0.3, -0.25) is 0 Å². The normalized spacial score (nSPS) is 36.7. The average molecular weight is 256 g/mol. The minimum Gasteiger partial charge on any atom is -0.392 e. The van der Waals surface area contributed by atoms with E-state index in [0.717, 1.165) is 24.8 Å². The third-order valence-corrected chi connectivity index (χ3v) is 4.74. The molecule has 106 valence electrons. The maximum Gasteiger partial charge on any atom is 0.0654 e. The highest BCUT2D eigenvalue weighted by Gasteiger charge is 2.47. The first kappa shape index (κ1) is 15.7. The molecule has 3 heteroatoms. The van der Waals surface area contributed by atoms with Gasteiger partial charge in [0.15, 0.2) is 0 Å². The molecule has 1 aliphatic carbocycles. The van der Waals surface area contributed by atoms with Gasteiger partial charge in [-0.15, -0.1) is 0 Å². The average Bonchev–Trinajstić information content (AvgIpc) is 2.54. The van der Waals surface area contributed by atoms with Crippen molar-refractivity contribution in [2.75, 3.05) is 6.61 Å². The molecule has 0 aliphatic heterocycles. The van der Waals surface area contributed by atoms with Gasteiger partial charge in [-0.2, -0.15) is 0 Å². The van der Waals surface area contributed by atoms with Crippen molar-refractivity contribution in [3.8, 4) is 0 Å². The predicted octanol–water partition coefficient (Wildman–Crippen LogP) is 2.25. The Balaban J connectivity index is 2.59. The Kier molecular flexibility index (Phi) is 4.98. The molecule has 1 fully saturated rings. The first-order chi connectivity index (χ1) is 8.20. The molecule has 18 heavy (non-hydrogen) atoms. The van der Waals surface area contributed by atoms with Gasteiger partial charge >= 0.3 is 0 Å². The zero-order chi connectivity index (χ0) is 14.0. The molecule has 0 spiro atoms. The van der Waals surface area contributed by atoms with Crippen LogP contribution >= 0.6 is 0 Å². The van der Waals surface area contributed by atoms with E-state index in [1.807, 2.05) is 33.8 Å². The summed E-state index contributed by atoms with van der Waals surface area (Å²) in [4.78, 5) is 0. The van der Waals surface area contributed by atoms with Crippen molar-refractivity contribution in [1.29, 1.82) is 0 Å². The summed E-state index contributed by atoms with van der Waals surface area (Å²) in [6.45, 7) is 7.73. The highest BCUT2D eigenvalue weighted by atomic mass is 16.3. The fourth-order valence-corrected chi connectivity index (χ4v) is 3.07. The van der Waals surface area contributed by atoms with E-state index in [-0.39, 0.29) is 18.4 Å². The van der Waals surface area contributed by atoms with Crippen LogP contribution in [0.2, 0.25) is 0 Å². The van der Waals surface area contributed by atoms with Crippen molar-refractivity contribution in [3.63, 3.8) is 0 Å². The van der Waals surface area contributed by atoms with Gasteiger partial charge in [0.25, 0.3) is 0 Å². The molecule has 1 aliphatic rings. The van der Waals surface area contributed by atoms with Crippen LogP contribution in [0.4, 0.5) is 0 Å². The van der Waals surface area contributed by atoms with E-state index in [9.17, 15) is 10.2 Å². The minimum absolute atomic E-state index is 0.0800. The van der Waals surface area contributed by atoms with Gasteiger partial charge in [-0.1, -0.05) is 18.6 Å². The molecule has 0 heterocycles. The second-order valence-electron chi connectivity index (χ2n) is 6.40. The summed E-state index contributed by atoms with van der Waals surface area (Å²) in [5.41, 5.74) is -0.449. The summed E-state index contributed by atoms with van der Waals surface area (Å²) >= 11 is 0. The van der Waals surface area contributed by atoms with Crippen molar-refractivity contribution in [2.45, 2.75) is 64.6 Å². The Morgan fingerprint density at radius 1 is 1.50 bits per heavy atom. The summed E-state index contributed by atoms with van der Waals surface area (Å²) in [6.07, 6.45) is 5.07. The summed E-state index contributed by atoms with van der Waals surface area (Å²) in [6, 6.07) is 0. The smallest absolute Gasteiger partial charge is 0.0654 e. The van der Waals surface area contributed by atoms with Crippen LogP contribution in [0, 0.1) is 11.8 Å². The molecular formula is C15H28O3. The minimum atomic E-state index is -0.744. The lowest BCUT2D eigenvalue weighted by molar-refractivity contribution is -0.0541. The van der Waals surface area contributed by atoms with Gasteiger partial charge in [0, 0.05) is 0 Å². The van der Waals surface area contributed by atoms with Gasteiger partial charge in [0.1, 0.15) is 0 Å². The van der Waals surface area contributed by atoms with Crippen LogP contribution in [0.1, 0.15) is 53.4 Å². The van der Waals surface area contributed by atoms with Crippen molar-refractivity contribution in [3.05, 3.63) is 11.6 Å². The Morgan fingerprint density at radius 2 is 2.11 bits per heavy atom. The topological polar surface area (TPSA) is 60.7 Å². The summed E-state index contributed by atoms with van der Waals surface area (Å²) in [5, 5.41) is 29.7. The Hall–Kier alpha value is -0.380. The van der Waals surface area contributed by atoms with Gasteiger partial charge in [0.2, 0.25) is 0 Å². The maximum atomic E-state index is 10.6. The van der Waals surface area contributed by atoms with Crippen LogP contribution in [0.15, 0.2) is 11.6 Å². The number of rotatable bonds is 5. The third kappa shape index (κ3) is 3.56. The Morgan fingerprint density at radius 3 is 2.56 bits per heavy atom. The van der Waals surface area contributed by atoms with Crippen molar-refractivity contribution in [2.24, 2.45) is 11.8 Å². The van der Waals surface area contributed by atoms with Crippen LogP contribution < -0.4 is 0 Å². The monoisotopic (exact) mass is 256 g/mol. The predicted molar refractivity (Wildman–Crippen MR) is 73.2 cm³/mol. The summed E-state index contributed by atoms with van der Waals surface area (Å²) in [5.74, 6) is 0.269. The van der Waals surface area contributed by atoms with E-state index in [2.05, 4.69) is 0 Å². The zero-order valence-electron chi connectivity index (χ0n) is 12.1. The van der Waals surface area contributed by atoms with E-state index in [1.165, 1.54) is 0 Å². The maximum absolute atomic E-state index is 10.6. The molecule has 0 aromatic carbocycles. The van der Waals surface area contributed by atoms with Crippen molar-refractivity contribution < 1.29 is 15.3 Å². The molecule has 0 bridgehead atoms. The van der Waals surface area contributed by atoms with Crippen LogP contribution in [-0.4, -0.2) is 33.1 Å². The largest absolute Gasteiger partial charge is 0.392 e. The lowest BCUT2D eigenvalue weighted by atomic mass is 9.76. The number of hydrogen-bond donors (Lipinski definition) is 3. The van der Waals surface area contributed by atoms with Crippen LogP contribution in [0.25, 0.3) is 0 Å². The molecule has 0 saturated heterocycles. The molecule has 3 N–H and O–H groups in total. The lowest BCUT2D eigenvalue weighted by Crippen LogP contribution is -2.40. The van der Waals surface area contributed by atoms with Gasteiger partial charge in [-0.25, -0.2) is 0 Å². The van der Waals surface area contributed by atoms with Crippen LogP contribution in [-0.2, 0) is 0 Å². The molecule has 0 aromatic rings. The van der Waals surface area contributed by atoms with Crippen LogP contribution in [0.3, 0.4) is 0 Å². The van der Waals surface area contributed by atoms with Gasteiger partial charge in [-0.05, 0) is 58.3 Å². The first-order valence-corrected chi connectivity index (χ1v) is 6.92. The molecule has 0 aromatic heterocycles. The molecule has 4 atom stereocenters. The molecule has 3 nitrogen and oxygen atoms in total. The third-order valence-electron chi connectivity index (χ3n) is 4.74. The molecule has 1 rings (SSSR count). The van der Waals surface area contributed by atoms with E-state index < -0.39 is 11.2 Å². The second-order valence-corrected chi connectivity index (χ2v) is 6.40. The van der Waals surface area contributed by atoms with Crippen molar-refractivity contribution >= 4 is 0 Å². The van der Waals surface area contributed by atoms with Crippen LogP contribution in [0.5, 0.6) is 0 Å². The molecular weight excluding hydrogens is 228 g/mol. The standard InChI is InChI=1S/C15H28O3/c1-11(10-16)6-5-8-15(4,18)13-7-9-14(3,17)12(13)2/h6,12-13,16-18H,5,7-10H2,1-4H3/t12-,13+,14+,15+/m0/s1. The second kappa shape index (κ2) is 5.72. The quantitative estimate of drug-likeness (QED) is 0.661. The van der Waals surface area contributed by atoms with Crippen molar-refractivity contribution in [1.82, 2.24) is 0 Å². The van der Waals surface area contributed by atoms with E-state index >= 15 is 0 Å². The number of aliphatic hydroxyl groups excluding tert-OH is 1. The summed E-state index contributed by atoms with van der Waals surface area (Å²) in [7, 11) is 0. The Labute approximate surface area is 111 Å². The fraction of sp³-hybridized carbons (Fsp3) is 0.867. The molecule has 0 amide bonds. The lowest BCUT2D eigenvalue weighted by Gasteiger charge is -2.35. The summed E-state index contributed by atoms with van der Waals surface area (Å²) < 4.78 is 0. The zero-order valence-corrected chi connectivity index (χ0v) is 12.1. The fourth-order valence-electron chi connectivity index (χ4n) is 3.07. The Bertz CT molecular complexity index is 305. The van der Waals surface area contributed by atoms with E-state index in [4.69, 9.17) is 5.11 Å². The molecule has 0 unspecified atom stereocenters. The number of allylic oxidation sites excluding steroid dienone is 1. The van der Waals surface area contributed by atoms with Gasteiger partial charge < -0.3 is 15.3 Å². The van der Waals surface area contributed by atoms with E-state index in [1.54, 1.807) is 0 Å². The van der Waals surface area contributed by atoms with E-state index in [0.29, 0.717) is 6.42 Å². The molecule has 1 saturated carbocycles.